The van der Waals surface area contributed by atoms with E-state index in [4.69, 9.17) is 11.6 Å². The second kappa shape index (κ2) is 6.44. The summed E-state index contributed by atoms with van der Waals surface area (Å²) >= 11 is 8.53. The van der Waals surface area contributed by atoms with Gasteiger partial charge in [-0.2, -0.15) is 0 Å². The third kappa shape index (κ3) is 3.07. The number of benzene rings is 1. The average molecular weight is 392 g/mol. The lowest BCUT2D eigenvalue weighted by atomic mass is 9.65. The van der Waals surface area contributed by atoms with Crippen LogP contribution in [0, 0.1) is 3.57 Å². The fourth-order valence-electron chi connectivity index (χ4n) is 3.22. The Hall–Kier alpha value is -0.290. The molecule has 0 unspecified atom stereocenters. The topological polar surface area (TPSA) is 29.1 Å². The van der Waals surface area contributed by atoms with E-state index in [1.165, 1.54) is 24.8 Å². The standard InChI is InChI=1S/C15H19ClINO/c1-11(18-10-19)15(7-3-2-4-8-15)12-5-6-14(17)13(16)9-12/h5-6,9-11H,2-4,7-8H2,1H3,(H,18,19)/t11-/m1/s1. The summed E-state index contributed by atoms with van der Waals surface area (Å²) in [6.45, 7) is 2.10. The van der Waals surface area contributed by atoms with E-state index in [1.54, 1.807) is 0 Å². The van der Waals surface area contributed by atoms with E-state index in [2.05, 4.69) is 53.0 Å². The van der Waals surface area contributed by atoms with Gasteiger partial charge in [-0.3, -0.25) is 4.79 Å². The Kier molecular flexibility index (Phi) is 5.12. The third-order valence-corrected chi connectivity index (χ3v) is 5.96. The first kappa shape index (κ1) is 15.1. The Morgan fingerprint density at radius 3 is 2.63 bits per heavy atom. The number of hydrogen-bond acceptors (Lipinski definition) is 1. The van der Waals surface area contributed by atoms with Gasteiger partial charge in [0.05, 0.1) is 5.02 Å². The molecule has 1 amide bonds. The quantitative estimate of drug-likeness (QED) is 0.602. The van der Waals surface area contributed by atoms with E-state index in [0.717, 1.165) is 27.8 Å². The van der Waals surface area contributed by atoms with Crippen LogP contribution in [-0.2, 0) is 10.2 Å². The summed E-state index contributed by atoms with van der Waals surface area (Å²) in [6.07, 6.45) is 6.77. The maximum atomic E-state index is 10.8. The van der Waals surface area contributed by atoms with E-state index < -0.39 is 0 Å². The van der Waals surface area contributed by atoms with Crippen LogP contribution >= 0.6 is 34.2 Å². The van der Waals surface area contributed by atoms with Crippen LogP contribution in [0.2, 0.25) is 5.02 Å². The Balaban J connectivity index is 2.40. The van der Waals surface area contributed by atoms with Crippen molar-refractivity contribution in [2.24, 2.45) is 0 Å². The van der Waals surface area contributed by atoms with Crippen molar-refractivity contribution in [3.05, 3.63) is 32.4 Å². The molecule has 1 aliphatic rings. The average Bonchev–Trinajstić information content (AvgIpc) is 2.43. The Morgan fingerprint density at radius 1 is 1.37 bits per heavy atom. The van der Waals surface area contributed by atoms with Gasteiger partial charge in [-0.25, -0.2) is 0 Å². The van der Waals surface area contributed by atoms with E-state index in [-0.39, 0.29) is 11.5 Å². The first-order valence-corrected chi connectivity index (χ1v) is 8.21. The molecule has 1 saturated carbocycles. The van der Waals surface area contributed by atoms with Gasteiger partial charge >= 0.3 is 0 Å². The van der Waals surface area contributed by atoms with E-state index in [0.29, 0.717) is 0 Å². The number of nitrogens with one attached hydrogen (secondary N) is 1. The largest absolute Gasteiger partial charge is 0.355 e. The van der Waals surface area contributed by atoms with Crippen molar-refractivity contribution >= 4 is 40.6 Å². The van der Waals surface area contributed by atoms with Crippen LogP contribution in [0.25, 0.3) is 0 Å². The van der Waals surface area contributed by atoms with Crippen LogP contribution < -0.4 is 5.32 Å². The van der Waals surface area contributed by atoms with Crippen LogP contribution in [0.5, 0.6) is 0 Å². The van der Waals surface area contributed by atoms with Crippen molar-refractivity contribution in [2.75, 3.05) is 0 Å². The highest BCUT2D eigenvalue weighted by atomic mass is 127. The van der Waals surface area contributed by atoms with Crippen LogP contribution in [0.4, 0.5) is 0 Å². The third-order valence-electron chi connectivity index (χ3n) is 4.39. The van der Waals surface area contributed by atoms with Crippen LogP contribution in [-0.4, -0.2) is 12.5 Å². The van der Waals surface area contributed by atoms with Gasteiger partial charge in [-0.15, -0.1) is 0 Å². The van der Waals surface area contributed by atoms with Crippen LogP contribution in [0.3, 0.4) is 0 Å². The van der Waals surface area contributed by atoms with E-state index >= 15 is 0 Å². The van der Waals surface area contributed by atoms with Crippen molar-refractivity contribution in [2.45, 2.75) is 50.5 Å². The summed E-state index contributed by atoms with van der Waals surface area (Å²) in [7, 11) is 0. The lowest BCUT2D eigenvalue weighted by molar-refractivity contribution is -0.110. The molecule has 1 atom stereocenters. The van der Waals surface area contributed by atoms with Crippen molar-refractivity contribution in [1.29, 1.82) is 0 Å². The van der Waals surface area contributed by atoms with Gasteiger partial charge in [0.2, 0.25) is 6.41 Å². The van der Waals surface area contributed by atoms with E-state index in [9.17, 15) is 4.79 Å². The summed E-state index contributed by atoms with van der Waals surface area (Å²) in [4.78, 5) is 10.8. The van der Waals surface area contributed by atoms with E-state index in [1.807, 2.05) is 0 Å². The molecule has 0 aliphatic heterocycles. The van der Waals surface area contributed by atoms with Crippen molar-refractivity contribution in [3.63, 3.8) is 0 Å². The number of carbonyl (C=O) groups excluding carboxylic acids is 1. The van der Waals surface area contributed by atoms with Gasteiger partial charge in [-0.05, 0) is 60.1 Å². The van der Waals surface area contributed by atoms with Gasteiger partial charge in [0.15, 0.2) is 0 Å². The second-order valence-electron chi connectivity index (χ2n) is 5.35. The summed E-state index contributed by atoms with van der Waals surface area (Å²) in [6, 6.07) is 6.46. The molecule has 1 aromatic carbocycles. The summed E-state index contributed by atoms with van der Waals surface area (Å²) in [5.74, 6) is 0. The zero-order valence-electron chi connectivity index (χ0n) is 11.1. The highest BCUT2D eigenvalue weighted by Gasteiger charge is 2.39. The van der Waals surface area contributed by atoms with Gasteiger partial charge in [0, 0.05) is 15.0 Å². The first-order chi connectivity index (χ1) is 9.10. The molecule has 2 nitrogen and oxygen atoms in total. The van der Waals surface area contributed by atoms with Crippen molar-refractivity contribution in [1.82, 2.24) is 5.32 Å². The lowest BCUT2D eigenvalue weighted by Crippen LogP contribution is -2.47. The fourth-order valence-corrected chi connectivity index (χ4v) is 3.74. The Morgan fingerprint density at radius 2 is 2.05 bits per heavy atom. The van der Waals surface area contributed by atoms with Crippen molar-refractivity contribution in [3.8, 4) is 0 Å². The van der Waals surface area contributed by atoms with Gasteiger partial charge in [0.1, 0.15) is 0 Å². The van der Waals surface area contributed by atoms with Crippen molar-refractivity contribution < 1.29 is 4.79 Å². The Bertz CT molecular complexity index is 457. The molecule has 1 aromatic rings. The van der Waals surface area contributed by atoms with Gasteiger partial charge in [-0.1, -0.05) is 36.9 Å². The molecule has 0 saturated heterocycles. The number of carbonyl (C=O) groups is 1. The molecule has 0 spiro atoms. The summed E-state index contributed by atoms with van der Waals surface area (Å²) in [5.41, 5.74) is 1.30. The number of hydrogen-bond donors (Lipinski definition) is 1. The SMILES string of the molecule is C[C@@H](NC=O)C1(c2ccc(I)c(Cl)c2)CCCCC1. The first-order valence-electron chi connectivity index (χ1n) is 6.75. The van der Waals surface area contributed by atoms with Crippen LogP contribution in [0.15, 0.2) is 18.2 Å². The predicted octanol–water partition coefficient (Wildman–Crippen LogP) is 4.28. The second-order valence-corrected chi connectivity index (χ2v) is 6.92. The minimum Gasteiger partial charge on any atom is -0.355 e. The fraction of sp³-hybridized carbons (Fsp3) is 0.533. The molecule has 1 aliphatic carbocycles. The normalized spacial score (nSPS) is 19.7. The zero-order chi connectivity index (χ0) is 13.9. The number of halogens is 2. The molecule has 0 aromatic heterocycles. The lowest BCUT2D eigenvalue weighted by Gasteiger charge is -2.42. The molecule has 1 fully saturated rings. The highest BCUT2D eigenvalue weighted by molar-refractivity contribution is 14.1. The maximum absolute atomic E-state index is 10.8. The number of rotatable bonds is 4. The molecular weight excluding hydrogens is 373 g/mol. The summed E-state index contributed by atoms with van der Waals surface area (Å²) in [5, 5.41) is 3.77. The smallest absolute Gasteiger partial charge is 0.207 e. The minimum atomic E-state index is 0.0349. The van der Waals surface area contributed by atoms with Gasteiger partial charge in [0.25, 0.3) is 0 Å². The zero-order valence-corrected chi connectivity index (χ0v) is 14.0. The Labute approximate surface area is 133 Å². The molecule has 19 heavy (non-hydrogen) atoms. The molecule has 1 N–H and O–H groups in total. The maximum Gasteiger partial charge on any atom is 0.207 e. The van der Waals surface area contributed by atoms with Gasteiger partial charge < -0.3 is 5.32 Å². The number of amides is 1. The predicted molar refractivity (Wildman–Crippen MR) is 87.6 cm³/mol. The highest BCUT2D eigenvalue weighted by Crippen LogP contribution is 2.43. The molecule has 0 bridgehead atoms. The molecular formula is C15H19ClINO. The molecule has 0 radical (unpaired) electrons. The summed E-state index contributed by atoms with van der Waals surface area (Å²) < 4.78 is 1.07. The monoisotopic (exact) mass is 391 g/mol. The van der Waals surface area contributed by atoms with Crippen LogP contribution in [0.1, 0.15) is 44.6 Å². The molecule has 0 heterocycles. The molecule has 104 valence electrons. The molecule has 4 heteroatoms. The molecule has 2 rings (SSSR count). The minimum absolute atomic E-state index is 0.0349.